The quantitative estimate of drug-likeness (QED) is 0.710. The number of nitrogens with one attached hydrogen (secondary N) is 1. The number of hydrogen-bond donors (Lipinski definition) is 1. The standard InChI is InChI=1S/C11H23NO/c1-3-13-10(2)9-12-11-7-5-4-6-8-11/h10-12H,3-9H2,1-2H3. The Labute approximate surface area is 82.0 Å². The number of hydrogen-bond acceptors (Lipinski definition) is 2. The maximum atomic E-state index is 5.47. The highest BCUT2D eigenvalue weighted by Gasteiger charge is 2.13. The predicted molar refractivity (Wildman–Crippen MR) is 56.0 cm³/mol. The molecule has 1 N–H and O–H groups in total. The highest BCUT2D eigenvalue weighted by Crippen LogP contribution is 2.17. The molecule has 1 saturated carbocycles. The molecule has 1 fully saturated rings. The normalized spacial score (nSPS) is 21.7. The van der Waals surface area contributed by atoms with Crippen LogP contribution >= 0.6 is 0 Å². The third kappa shape index (κ3) is 4.63. The molecule has 0 bridgehead atoms. The van der Waals surface area contributed by atoms with E-state index < -0.39 is 0 Å². The van der Waals surface area contributed by atoms with Crippen molar-refractivity contribution in [1.29, 1.82) is 0 Å². The minimum absolute atomic E-state index is 0.368. The SMILES string of the molecule is CCOC(C)CNC1CCCCC1. The molecule has 1 aliphatic rings. The fraction of sp³-hybridized carbons (Fsp3) is 1.00. The van der Waals surface area contributed by atoms with Crippen LogP contribution in [0.3, 0.4) is 0 Å². The van der Waals surface area contributed by atoms with E-state index in [1.165, 1.54) is 32.1 Å². The molecule has 0 aromatic carbocycles. The smallest absolute Gasteiger partial charge is 0.0671 e. The molecule has 0 aromatic rings. The maximum absolute atomic E-state index is 5.47. The van der Waals surface area contributed by atoms with Gasteiger partial charge in [0.2, 0.25) is 0 Å². The second-order valence-corrected chi connectivity index (χ2v) is 4.01. The molecule has 1 unspecified atom stereocenters. The molecular weight excluding hydrogens is 162 g/mol. The lowest BCUT2D eigenvalue weighted by molar-refractivity contribution is 0.0727. The van der Waals surface area contributed by atoms with Crippen molar-refractivity contribution in [3.05, 3.63) is 0 Å². The van der Waals surface area contributed by atoms with E-state index in [2.05, 4.69) is 19.2 Å². The zero-order valence-corrected chi connectivity index (χ0v) is 9.01. The number of rotatable bonds is 5. The average molecular weight is 185 g/mol. The summed E-state index contributed by atoms with van der Waals surface area (Å²) in [5, 5.41) is 3.58. The molecule has 0 saturated heterocycles. The molecule has 0 spiro atoms. The van der Waals surface area contributed by atoms with Crippen molar-refractivity contribution < 1.29 is 4.74 Å². The Morgan fingerprint density at radius 2 is 2.00 bits per heavy atom. The predicted octanol–water partition coefficient (Wildman–Crippen LogP) is 2.33. The Hall–Kier alpha value is -0.0800. The van der Waals surface area contributed by atoms with Crippen molar-refractivity contribution in [1.82, 2.24) is 5.32 Å². The van der Waals surface area contributed by atoms with Crippen molar-refractivity contribution in [3.63, 3.8) is 0 Å². The molecule has 2 nitrogen and oxygen atoms in total. The van der Waals surface area contributed by atoms with Crippen molar-refractivity contribution in [2.24, 2.45) is 0 Å². The first-order chi connectivity index (χ1) is 6.33. The van der Waals surface area contributed by atoms with Crippen LogP contribution in [-0.4, -0.2) is 25.3 Å². The Kier molecular flexibility index (Phi) is 5.40. The minimum Gasteiger partial charge on any atom is -0.377 e. The van der Waals surface area contributed by atoms with Gasteiger partial charge >= 0.3 is 0 Å². The lowest BCUT2D eigenvalue weighted by atomic mass is 9.95. The number of ether oxygens (including phenoxy) is 1. The first-order valence-electron chi connectivity index (χ1n) is 5.68. The summed E-state index contributed by atoms with van der Waals surface area (Å²) in [7, 11) is 0. The van der Waals surface area contributed by atoms with Crippen molar-refractivity contribution >= 4 is 0 Å². The van der Waals surface area contributed by atoms with Crippen LogP contribution in [0.5, 0.6) is 0 Å². The van der Waals surface area contributed by atoms with Crippen LogP contribution in [0.2, 0.25) is 0 Å². The fourth-order valence-electron chi connectivity index (χ4n) is 1.98. The Morgan fingerprint density at radius 1 is 1.31 bits per heavy atom. The molecule has 0 heterocycles. The van der Waals surface area contributed by atoms with Crippen molar-refractivity contribution in [2.45, 2.75) is 58.1 Å². The topological polar surface area (TPSA) is 21.3 Å². The van der Waals surface area contributed by atoms with E-state index in [-0.39, 0.29) is 0 Å². The summed E-state index contributed by atoms with van der Waals surface area (Å²) < 4.78 is 5.47. The molecule has 1 aliphatic carbocycles. The van der Waals surface area contributed by atoms with E-state index in [0.717, 1.165) is 19.2 Å². The van der Waals surface area contributed by atoms with Gasteiger partial charge in [0.15, 0.2) is 0 Å². The molecule has 0 amide bonds. The fourth-order valence-corrected chi connectivity index (χ4v) is 1.98. The van der Waals surface area contributed by atoms with Crippen molar-refractivity contribution in [2.75, 3.05) is 13.2 Å². The van der Waals surface area contributed by atoms with Gasteiger partial charge in [-0.2, -0.15) is 0 Å². The highest BCUT2D eigenvalue weighted by molar-refractivity contribution is 4.72. The summed E-state index contributed by atoms with van der Waals surface area (Å²) in [5.74, 6) is 0. The Balaban J connectivity index is 2.03. The van der Waals surface area contributed by atoms with Crippen LogP contribution < -0.4 is 5.32 Å². The average Bonchev–Trinajstić information content (AvgIpc) is 2.17. The van der Waals surface area contributed by atoms with Gasteiger partial charge in [0.1, 0.15) is 0 Å². The van der Waals surface area contributed by atoms with E-state index in [9.17, 15) is 0 Å². The molecule has 0 aromatic heterocycles. The molecule has 1 atom stereocenters. The van der Waals surface area contributed by atoms with Gasteiger partial charge in [-0.05, 0) is 26.7 Å². The molecule has 13 heavy (non-hydrogen) atoms. The van der Waals surface area contributed by atoms with E-state index >= 15 is 0 Å². The van der Waals surface area contributed by atoms with Crippen LogP contribution in [0.25, 0.3) is 0 Å². The summed E-state index contributed by atoms with van der Waals surface area (Å²) in [4.78, 5) is 0. The summed E-state index contributed by atoms with van der Waals surface area (Å²) in [6, 6.07) is 0.761. The van der Waals surface area contributed by atoms with Crippen molar-refractivity contribution in [3.8, 4) is 0 Å². The summed E-state index contributed by atoms with van der Waals surface area (Å²) in [5.41, 5.74) is 0. The zero-order chi connectivity index (χ0) is 9.52. The van der Waals surface area contributed by atoms with Gasteiger partial charge in [0, 0.05) is 19.2 Å². The zero-order valence-electron chi connectivity index (χ0n) is 9.01. The van der Waals surface area contributed by atoms with Gasteiger partial charge in [-0.25, -0.2) is 0 Å². The molecule has 0 aliphatic heterocycles. The molecular formula is C11H23NO. The van der Waals surface area contributed by atoms with Crippen LogP contribution in [0.1, 0.15) is 46.0 Å². The van der Waals surface area contributed by atoms with Gasteiger partial charge in [0.25, 0.3) is 0 Å². The Bertz CT molecular complexity index is 121. The monoisotopic (exact) mass is 185 g/mol. The molecule has 78 valence electrons. The van der Waals surface area contributed by atoms with Gasteiger partial charge in [-0.3, -0.25) is 0 Å². The highest BCUT2D eigenvalue weighted by atomic mass is 16.5. The molecule has 0 radical (unpaired) electrons. The van der Waals surface area contributed by atoms with E-state index in [1.54, 1.807) is 0 Å². The largest absolute Gasteiger partial charge is 0.377 e. The summed E-state index contributed by atoms with van der Waals surface area (Å²) in [6.07, 6.45) is 7.32. The first-order valence-corrected chi connectivity index (χ1v) is 5.68. The minimum atomic E-state index is 0.368. The summed E-state index contributed by atoms with van der Waals surface area (Å²) >= 11 is 0. The lowest BCUT2D eigenvalue weighted by Gasteiger charge is -2.24. The second kappa shape index (κ2) is 6.39. The van der Waals surface area contributed by atoms with Crippen LogP contribution in [-0.2, 0) is 4.74 Å². The van der Waals surface area contributed by atoms with Crippen LogP contribution in [0.15, 0.2) is 0 Å². The third-order valence-corrected chi connectivity index (χ3v) is 2.75. The van der Waals surface area contributed by atoms with Crippen LogP contribution in [0, 0.1) is 0 Å². The Morgan fingerprint density at radius 3 is 2.62 bits per heavy atom. The van der Waals surface area contributed by atoms with Gasteiger partial charge < -0.3 is 10.1 Å². The van der Waals surface area contributed by atoms with E-state index in [1.807, 2.05) is 0 Å². The first kappa shape index (κ1) is 11.0. The second-order valence-electron chi connectivity index (χ2n) is 4.01. The third-order valence-electron chi connectivity index (χ3n) is 2.75. The lowest BCUT2D eigenvalue weighted by Crippen LogP contribution is -2.36. The van der Waals surface area contributed by atoms with E-state index in [0.29, 0.717) is 6.10 Å². The molecule has 1 rings (SSSR count). The van der Waals surface area contributed by atoms with Gasteiger partial charge in [-0.15, -0.1) is 0 Å². The maximum Gasteiger partial charge on any atom is 0.0671 e. The van der Waals surface area contributed by atoms with Gasteiger partial charge in [-0.1, -0.05) is 19.3 Å². The van der Waals surface area contributed by atoms with Crippen LogP contribution in [0.4, 0.5) is 0 Å². The molecule has 2 heteroatoms. The van der Waals surface area contributed by atoms with E-state index in [4.69, 9.17) is 4.74 Å². The summed E-state index contributed by atoms with van der Waals surface area (Å²) in [6.45, 7) is 6.03. The van der Waals surface area contributed by atoms with Gasteiger partial charge in [0.05, 0.1) is 6.10 Å².